The van der Waals surface area contributed by atoms with E-state index in [9.17, 15) is 4.79 Å². The molecular formula is C14H18ClNO. The topological polar surface area (TPSA) is 43.1 Å². The fourth-order valence-corrected chi connectivity index (χ4v) is 2.70. The van der Waals surface area contributed by atoms with E-state index in [0.717, 1.165) is 31.2 Å². The lowest BCUT2D eigenvalue weighted by molar-refractivity contribution is -0.123. The predicted molar refractivity (Wildman–Crippen MR) is 70.1 cm³/mol. The van der Waals surface area contributed by atoms with Gasteiger partial charge >= 0.3 is 0 Å². The van der Waals surface area contributed by atoms with E-state index in [4.69, 9.17) is 17.3 Å². The van der Waals surface area contributed by atoms with Gasteiger partial charge in [-0.1, -0.05) is 36.2 Å². The van der Waals surface area contributed by atoms with Gasteiger partial charge in [-0.3, -0.25) is 4.79 Å². The fourth-order valence-electron chi connectivity index (χ4n) is 2.49. The average molecular weight is 252 g/mol. The van der Waals surface area contributed by atoms with Crippen molar-refractivity contribution in [3.63, 3.8) is 0 Å². The van der Waals surface area contributed by atoms with Gasteiger partial charge in [-0.15, -0.1) is 0 Å². The minimum absolute atomic E-state index is 0.134. The summed E-state index contributed by atoms with van der Waals surface area (Å²) in [6, 6.07) is 7.75. The predicted octanol–water partition coefficient (Wildman–Crippen LogP) is 2.97. The summed E-state index contributed by atoms with van der Waals surface area (Å²) in [6.45, 7) is 0. The van der Waals surface area contributed by atoms with Crippen LogP contribution in [0.3, 0.4) is 0 Å². The number of carbonyl (C=O) groups excluding carboxylic acids is 1. The standard InChI is InChI=1S/C14H18ClNO/c15-13-7-2-1-4-10(13)9-14(17)11-5-3-6-12(16)8-11/h1-2,4,7,11-12H,3,5-6,8-9,16H2. The van der Waals surface area contributed by atoms with Crippen LogP contribution in [0.2, 0.25) is 5.02 Å². The molecule has 0 amide bonds. The lowest BCUT2D eigenvalue weighted by atomic mass is 9.82. The minimum Gasteiger partial charge on any atom is -0.328 e. The maximum Gasteiger partial charge on any atom is 0.140 e. The van der Waals surface area contributed by atoms with E-state index in [1.807, 2.05) is 24.3 Å². The molecule has 0 saturated heterocycles. The Bertz CT molecular complexity index is 405. The monoisotopic (exact) mass is 251 g/mol. The molecule has 2 N–H and O–H groups in total. The fraction of sp³-hybridized carbons (Fsp3) is 0.500. The molecule has 0 spiro atoms. The van der Waals surface area contributed by atoms with Crippen LogP contribution in [-0.4, -0.2) is 11.8 Å². The summed E-state index contributed by atoms with van der Waals surface area (Å²) < 4.78 is 0. The van der Waals surface area contributed by atoms with Gasteiger partial charge in [0.05, 0.1) is 0 Å². The van der Waals surface area contributed by atoms with Crippen molar-refractivity contribution < 1.29 is 4.79 Å². The Morgan fingerprint density at radius 2 is 2.12 bits per heavy atom. The van der Waals surface area contributed by atoms with Crippen LogP contribution >= 0.6 is 11.6 Å². The zero-order chi connectivity index (χ0) is 12.3. The molecule has 1 fully saturated rings. The Labute approximate surface area is 107 Å². The van der Waals surface area contributed by atoms with Crippen molar-refractivity contribution in [2.75, 3.05) is 0 Å². The molecule has 3 heteroatoms. The summed E-state index contributed by atoms with van der Waals surface area (Å²) in [5, 5.41) is 0.681. The molecule has 2 nitrogen and oxygen atoms in total. The Kier molecular flexibility index (Phi) is 4.19. The van der Waals surface area contributed by atoms with Crippen molar-refractivity contribution in [2.24, 2.45) is 11.7 Å². The first-order valence-electron chi connectivity index (χ1n) is 6.18. The van der Waals surface area contributed by atoms with Crippen LogP contribution in [0.4, 0.5) is 0 Å². The molecule has 17 heavy (non-hydrogen) atoms. The molecule has 1 aliphatic rings. The molecule has 0 radical (unpaired) electrons. The molecule has 0 aromatic heterocycles. The second-order valence-corrected chi connectivity index (χ2v) is 5.27. The van der Waals surface area contributed by atoms with Crippen LogP contribution < -0.4 is 5.73 Å². The molecule has 0 bridgehead atoms. The number of rotatable bonds is 3. The Balaban J connectivity index is 1.99. The van der Waals surface area contributed by atoms with Crippen molar-refractivity contribution >= 4 is 17.4 Å². The number of nitrogens with two attached hydrogens (primary N) is 1. The van der Waals surface area contributed by atoms with Crippen LogP contribution in [0.5, 0.6) is 0 Å². The largest absolute Gasteiger partial charge is 0.328 e. The first-order valence-corrected chi connectivity index (χ1v) is 6.56. The van der Waals surface area contributed by atoms with E-state index >= 15 is 0 Å². The summed E-state index contributed by atoms with van der Waals surface area (Å²) in [7, 11) is 0. The van der Waals surface area contributed by atoms with Gasteiger partial charge < -0.3 is 5.73 Å². The molecule has 1 aliphatic carbocycles. The van der Waals surface area contributed by atoms with Crippen LogP contribution in [0.1, 0.15) is 31.2 Å². The van der Waals surface area contributed by atoms with Crippen LogP contribution in [0.15, 0.2) is 24.3 Å². The number of hydrogen-bond acceptors (Lipinski definition) is 2. The Morgan fingerprint density at radius 3 is 2.82 bits per heavy atom. The highest BCUT2D eigenvalue weighted by molar-refractivity contribution is 6.31. The van der Waals surface area contributed by atoms with Gasteiger partial charge in [-0.2, -0.15) is 0 Å². The van der Waals surface area contributed by atoms with Gasteiger partial charge in [0, 0.05) is 23.4 Å². The quantitative estimate of drug-likeness (QED) is 0.898. The highest BCUT2D eigenvalue weighted by Gasteiger charge is 2.25. The molecule has 0 heterocycles. The van der Waals surface area contributed by atoms with Crippen molar-refractivity contribution in [3.8, 4) is 0 Å². The number of ketones is 1. The number of halogens is 1. The van der Waals surface area contributed by atoms with Gasteiger partial charge in [-0.05, 0) is 30.9 Å². The van der Waals surface area contributed by atoms with Gasteiger partial charge in [0.15, 0.2) is 0 Å². The van der Waals surface area contributed by atoms with E-state index < -0.39 is 0 Å². The summed E-state index contributed by atoms with van der Waals surface area (Å²) in [5.41, 5.74) is 6.84. The van der Waals surface area contributed by atoms with E-state index in [-0.39, 0.29) is 17.7 Å². The molecule has 1 aromatic rings. The van der Waals surface area contributed by atoms with E-state index in [1.54, 1.807) is 0 Å². The number of carbonyl (C=O) groups is 1. The van der Waals surface area contributed by atoms with Gasteiger partial charge in [0.1, 0.15) is 5.78 Å². The molecule has 92 valence electrons. The second-order valence-electron chi connectivity index (χ2n) is 4.86. The lowest BCUT2D eigenvalue weighted by Crippen LogP contribution is -2.32. The van der Waals surface area contributed by atoms with Crippen molar-refractivity contribution in [3.05, 3.63) is 34.9 Å². The summed E-state index contributed by atoms with van der Waals surface area (Å²) in [5.74, 6) is 0.420. The maximum absolute atomic E-state index is 12.2. The van der Waals surface area contributed by atoms with Gasteiger partial charge in [0.25, 0.3) is 0 Å². The summed E-state index contributed by atoms with van der Waals surface area (Å²) in [6.07, 6.45) is 4.38. The van der Waals surface area contributed by atoms with Gasteiger partial charge in [0.2, 0.25) is 0 Å². The molecule has 1 aromatic carbocycles. The first kappa shape index (κ1) is 12.6. The summed E-state index contributed by atoms with van der Waals surface area (Å²) >= 11 is 6.06. The average Bonchev–Trinajstić information content (AvgIpc) is 2.32. The van der Waals surface area contributed by atoms with Crippen molar-refractivity contribution in [1.29, 1.82) is 0 Å². The van der Waals surface area contributed by atoms with Crippen LogP contribution in [-0.2, 0) is 11.2 Å². The van der Waals surface area contributed by atoms with Crippen molar-refractivity contribution in [2.45, 2.75) is 38.1 Å². The normalized spacial score (nSPS) is 24.6. The molecule has 0 aliphatic heterocycles. The maximum atomic E-state index is 12.2. The minimum atomic E-state index is 0.134. The van der Waals surface area contributed by atoms with Crippen molar-refractivity contribution in [1.82, 2.24) is 0 Å². The molecular weight excluding hydrogens is 234 g/mol. The van der Waals surface area contributed by atoms with Gasteiger partial charge in [-0.25, -0.2) is 0 Å². The summed E-state index contributed by atoms with van der Waals surface area (Å²) in [4.78, 5) is 12.2. The zero-order valence-corrected chi connectivity index (χ0v) is 10.6. The highest BCUT2D eigenvalue weighted by Crippen LogP contribution is 2.26. The number of benzene rings is 1. The smallest absolute Gasteiger partial charge is 0.140 e. The molecule has 2 rings (SSSR count). The highest BCUT2D eigenvalue weighted by atomic mass is 35.5. The molecule has 1 saturated carbocycles. The second kappa shape index (κ2) is 5.65. The van der Waals surface area contributed by atoms with E-state index in [2.05, 4.69) is 0 Å². The van der Waals surface area contributed by atoms with Crippen LogP contribution in [0, 0.1) is 5.92 Å². The van der Waals surface area contributed by atoms with E-state index in [1.165, 1.54) is 0 Å². The third-order valence-corrected chi connectivity index (χ3v) is 3.86. The Hall–Kier alpha value is -0.860. The molecule has 2 unspecified atom stereocenters. The first-order chi connectivity index (χ1) is 8.16. The number of hydrogen-bond donors (Lipinski definition) is 1. The third-order valence-electron chi connectivity index (χ3n) is 3.49. The lowest BCUT2D eigenvalue weighted by Gasteiger charge is -2.25. The third kappa shape index (κ3) is 3.30. The van der Waals surface area contributed by atoms with E-state index in [0.29, 0.717) is 11.4 Å². The SMILES string of the molecule is NC1CCCC(C(=O)Cc2ccccc2Cl)C1. The van der Waals surface area contributed by atoms with Crippen LogP contribution in [0.25, 0.3) is 0 Å². The molecule has 2 atom stereocenters. The number of Topliss-reactive ketones (excluding diaryl/α,β-unsaturated/α-hetero) is 1. The Morgan fingerprint density at radius 1 is 1.35 bits per heavy atom. The zero-order valence-electron chi connectivity index (χ0n) is 9.86.